The summed E-state index contributed by atoms with van der Waals surface area (Å²) in [7, 11) is 0. The van der Waals surface area contributed by atoms with E-state index in [-0.39, 0.29) is 11.3 Å². The average molecular weight is 270 g/mol. The van der Waals surface area contributed by atoms with Gasteiger partial charge in [-0.2, -0.15) is 0 Å². The van der Waals surface area contributed by atoms with Crippen molar-refractivity contribution < 1.29 is 4.79 Å². The van der Waals surface area contributed by atoms with Crippen LogP contribution in [0.15, 0.2) is 0 Å². The maximum absolute atomic E-state index is 12.1. The van der Waals surface area contributed by atoms with Gasteiger partial charge in [0.2, 0.25) is 5.91 Å². The molecule has 0 aliphatic carbocycles. The molecular weight excluding hydrogens is 252 g/mol. The topological polar surface area (TPSA) is 36.1 Å². The lowest BCUT2D eigenvalue weighted by Gasteiger charge is -2.19. The Morgan fingerprint density at radius 3 is 2.76 bits per heavy atom. The number of likely N-dealkylation sites (tertiary alicyclic amines) is 1. The number of amides is 1. The Bertz CT molecular complexity index is 487. The lowest BCUT2D eigenvalue weighted by Crippen LogP contribution is -2.31. The Labute approximate surface area is 111 Å². The number of nitrogens with one attached hydrogen (secondary N) is 1. The number of hydrogen-bond acceptors (Lipinski definition) is 3. The van der Waals surface area contributed by atoms with Crippen LogP contribution < -0.4 is 0 Å². The van der Waals surface area contributed by atoms with Crippen molar-refractivity contribution in [2.75, 3.05) is 13.1 Å². The van der Waals surface area contributed by atoms with Crippen molar-refractivity contribution in [1.82, 2.24) is 9.88 Å². The van der Waals surface area contributed by atoms with Crippen LogP contribution in [-0.4, -0.2) is 28.9 Å². The minimum atomic E-state index is 0.226. The standard InChI is InChI=1S/C12H18N2OS2/c1-8-9(17-11(16)13-8)6-10(15)14-5-4-12(2,3)7-14/h4-7H2,1-3H3,(H,13,16). The van der Waals surface area contributed by atoms with Gasteiger partial charge < -0.3 is 9.88 Å². The molecule has 0 spiro atoms. The van der Waals surface area contributed by atoms with Crippen molar-refractivity contribution in [3.8, 4) is 0 Å². The lowest BCUT2D eigenvalue weighted by atomic mass is 9.93. The lowest BCUT2D eigenvalue weighted by molar-refractivity contribution is -0.129. The van der Waals surface area contributed by atoms with Crippen molar-refractivity contribution in [2.45, 2.75) is 33.6 Å². The van der Waals surface area contributed by atoms with Gasteiger partial charge in [0.15, 0.2) is 3.95 Å². The molecule has 0 unspecified atom stereocenters. The highest BCUT2D eigenvalue weighted by atomic mass is 32.1. The predicted octanol–water partition coefficient (Wildman–Crippen LogP) is 2.92. The molecule has 5 heteroatoms. The molecule has 1 aliphatic rings. The molecule has 0 radical (unpaired) electrons. The summed E-state index contributed by atoms with van der Waals surface area (Å²) in [6, 6.07) is 0. The molecule has 1 saturated heterocycles. The van der Waals surface area contributed by atoms with E-state index in [1.165, 1.54) is 11.3 Å². The number of rotatable bonds is 2. The predicted molar refractivity (Wildman–Crippen MR) is 72.9 cm³/mol. The minimum Gasteiger partial charge on any atom is -0.342 e. The number of aromatic amines is 1. The van der Waals surface area contributed by atoms with E-state index >= 15 is 0 Å². The van der Waals surface area contributed by atoms with Crippen LogP contribution in [0.1, 0.15) is 30.8 Å². The summed E-state index contributed by atoms with van der Waals surface area (Å²) >= 11 is 6.60. The largest absolute Gasteiger partial charge is 0.342 e. The van der Waals surface area contributed by atoms with Gasteiger partial charge in [0.1, 0.15) is 0 Å². The molecule has 17 heavy (non-hydrogen) atoms. The number of nitrogens with zero attached hydrogens (tertiary/aromatic N) is 1. The molecule has 1 N–H and O–H groups in total. The molecule has 0 bridgehead atoms. The second kappa shape index (κ2) is 4.53. The summed E-state index contributed by atoms with van der Waals surface area (Å²) in [5.41, 5.74) is 1.31. The van der Waals surface area contributed by atoms with Crippen LogP contribution in [0.5, 0.6) is 0 Å². The molecule has 1 aliphatic heterocycles. The first-order valence-corrected chi connectivity index (χ1v) is 7.06. The van der Waals surface area contributed by atoms with E-state index in [1.807, 2.05) is 11.8 Å². The maximum atomic E-state index is 12.1. The van der Waals surface area contributed by atoms with Crippen molar-refractivity contribution in [1.29, 1.82) is 0 Å². The summed E-state index contributed by atoms with van der Waals surface area (Å²) in [5.74, 6) is 0.226. The van der Waals surface area contributed by atoms with Crippen LogP contribution in [0.3, 0.4) is 0 Å². The Morgan fingerprint density at radius 2 is 2.29 bits per heavy atom. The van der Waals surface area contributed by atoms with Crippen LogP contribution in [0.25, 0.3) is 0 Å². The van der Waals surface area contributed by atoms with Crippen LogP contribution in [-0.2, 0) is 11.2 Å². The summed E-state index contributed by atoms with van der Waals surface area (Å²) in [5, 5.41) is 0. The van der Waals surface area contributed by atoms with E-state index in [2.05, 4.69) is 18.8 Å². The van der Waals surface area contributed by atoms with Crippen LogP contribution in [0, 0.1) is 16.3 Å². The molecule has 94 valence electrons. The van der Waals surface area contributed by atoms with Crippen molar-refractivity contribution in [3.05, 3.63) is 14.5 Å². The Hall–Kier alpha value is -0.680. The number of aromatic nitrogens is 1. The monoisotopic (exact) mass is 270 g/mol. The zero-order valence-electron chi connectivity index (χ0n) is 10.5. The summed E-state index contributed by atoms with van der Waals surface area (Å²) in [6.07, 6.45) is 1.58. The van der Waals surface area contributed by atoms with Crippen molar-refractivity contribution in [2.24, 2.45) is 5.41 Å². The fraction of sp³-hybridized carbons (Fsp3) is 0.667. The first kappa shape index (κ1) is 12.8. The second-order valence-electron chi connectivity index (χ2n) is 5.47. The van der Waals surface area contributed by atoms with Gasteiger partial charge in [-0.1, -0.05) is 13.8 Å². The van der Waals surface area contributed by atoms with Crippen molar-refractivity contribution >= 4 is 29.5 Å². The second-order valence-corrected chi connectivity index (χ2v) is 7.24. The molecule has 0 atom stereocenters. The molecule has 1 fully saturated rings. The van der Waals surface area contributed by atoms with Gasteiger partial charge in [0, 0.05) is 23.7 Å². The van der Waals surface area contributed by atoms with E-state index in [9.17, 15) is 4.79 Å². The number of hydrogen-bond donors (Lipinski definition) is 1. The summed E-state index contributed by atoms with van der Waals surface area (Å²) in [4.78, 5) is 18.3. The zero-order valence-corrected chi connectivity index (χ0v) is 12.1. The average Bonchev–Trinajstić information content (AvgIpc) is 2.70. The molecule has 1 aromatic rings. The summed E-state index contributed by atoms with van der Waals surface area (Å²) in [6.45, 7) is 8.17. The van der Waals surface area contributed by atoms with E-state index in [0.29, 0.717) is 6.42 Å². The van der Waals surface area contributed by atoms with Gasteiger partial charge in [-0.25, -0.2) is 0 Å². The van der Waals surface area contributed by atoms with Crippen LogP contribution in [0.4, 0.5) is 0 Å². The minimum absolute atomic E-state index is 0.226. The first-order chi connectivity index (χ1) is 7.87. The van der Waals surface area contributed by atoms with Gasteiger partial charge >= 0.3 is 0 Å². The highest BCUT2D eigenvalue weighted by Gasteiger charge is 2.32. The fourth-order valence-corrected chi connectivity index (χ4v) is 3.46. The van der Waals surface area contributed by atoms with Gasteiger partial charge in [-0.05, 0) is 31.0 Å². The number of H-pyrrole nitrogens is 1. The Kier molecular flexibility index (Phi) is 3.41. The zero-order chi connectivity index (χ0) is 12.6. The van der Waals surface area contributed by atoms with E-state index in [4.69, 9.17) is 12.2 Å². The van der Waals surface area contributed by atoms with Crippen LogP contribution in [0.2, 0.25) is 0 Å². The van der Waals surface area contributed by atoms with Gasteiger partial charge in [0.05, 0.1) is 6.42 Å². The molecule has 2 rings (SSSR count). The SMILES string of the molecule is Cc1[nH]c(=S)sc1CC(=O)N1CCC(C)(C)C1. The molecule has 2 heterocycles. The smallest absolute Gasteiger partial charge is 0.227 e. The quantitative estimate of drug-likeness (QED) is 0.839. The van der Waals surface area contributed by atoms with Crippen molar-refractivity contribution in [3.63, 3.8) is 0 Å². The molecular formula is C12H18N2OS2. The molecule has 0 saturated carbocycles. The highest BCUT2D eigenvalue weighted by Crippen LogP contribution is 2.29. The Balaban J connectivity index is 2.03. The summed E-state index contributed by atoms with van der Waals surface area (Å²) < 4.78 is 0.757. The maximum Gasteiger partial charge on any atom is 0.227 e. The van der Waals surface area contributed by atoms with Gasteiger partial charge in [-0.15, -0.1) is 11.3 Å². The number of carbonyl (C=O) groups excluding carboxylic acids is 1. The van der Waals surface area contributed by atoms with Crippen LogP contribution >= 0.6 is 23.6 Å². The third-order valence-corrected chi connectivity index (χ3v) is 4.60. The molecule has 3 nitrogen and oxygen atoms in total. The van der Waals surface area contributed by atoms with E-state index < -0.39 is 0 Å². The highest BCUT2D eigenvalue weighted by molar-refractivity contribution is 7.73. The van der Waals surface area contributed by atoms with E-state index in [0.717, 1.165) is 34.0 Å². The number of thiazole rings is 1. The Morgan fingerprint density at radius 1 is 1.59 bits per heavy atom. The molecule has 1 aromatic heterocycles. The van der Waals surface area contributed by atoms with Gasteiger partial charge in [0.25, 0.3) is 0 Å². The number of aryl methyl sites for hydroxylation is 1. The normalized spacial score (nSPS) is 18.6. The third kappa shape index (κ3) is 2.96. The van der Waals surface area contributed by atoms with Gasteiger partial charge in [-0.3, -0.25) is 4.79 Å². The molecule has 1 amide bonds. The third-order valence-electron chi connectivity index (χ3n) is 3.27. The fourth-order valence-electron chi connectivity index (χ4n) is 2.18. The number of carbonyl (C=O) groups is 1. The first-order valence-electron chi connectivity index (χ1n) is 5.84. The van der Waals surface area contributed by atoms with E-state index in [1.54, 1.807) is 0 Å². The molecule has 0 aromatic carbocycles.